The topological polar surface area (TPSA) is 61.7 Å². The molecular weight excluding hydrogens is 206 g/mol. The van der Waals surface area contributed by atoms with E-state index in [1.807, 2.05) is 12.1 Å². The SMILES string of the molecule is COc1cc(C2CC(CO)CN2)ccc1O. The van der Waals surface area contributed by atoms with Crippen LogP contribution in [0.5, 0.6) is 11.5 Å². The fraction of sp³-hybridized carbons (Fsp3) is 0.500. The lowest BCUT2D eigenvalue weighted by Crippen LogP contribution is -2.14. The molecule has 2 unspecified atom stereocenters. The number of phenolic OH excluding ortho intramolecular Hbond substituents is 1. The molecule has 88 valence electrons. The van der Waals surface area contributed by atoms with Gasteiger partial charge < -0.3 is 20.3 Å². The van der Waals surface area contributed by atoms with Gasteiger partial charge in [0.15, 0.2) is 11.5 Å². The number of rotatable bonds is 3. The number of phenols is 1. The Hall–Kier alpha value is -1.26. The highest BCUT2D eigenvalue weighted by Crippen LogP contribution is 2.33. The van der Waals surface area contributed by atoms with Crippen molar-refractivity contribution in [2.75, 3.05) is 20.3 Å². The minimum atomic E-state index is 0.156. The van der Waals surface area contributed by atoms with Crippen molar-refractivity contribution < 1.29 is 14.9 Å². The quantitative estimate of drug-likeness (QED) is 0.716. The summed E-state index contributed by atoms with van der Waals surface area (Å²) in [6, 6.07) is 5.61. The van der Waals surface area contributed by atoms with Crippen molar-refractivity contribution >= 4 is 0 Å². The Morgan fingerprint density at radius 3 is 2.94 bits per heavy atom. The lowest BCUT2D eigenvalue weighted by atomic mass is 10.0. The third kappa shape index (κ3) is 2.13. The normalized spacial score (nSPS) is 24.6. The first-order valence-electron chi connectivity index (χ1n) is 5.45. The molecule has 0 amide bonds. The molecule has 1 heterocycles. The molecule has 1 aliphatic rings. The first-order chi connectivity index (χ1) is 7.74. The van der Waals surface area contributed by atoms with Gasteiger partial charge in [0, 0.05) is 19.2 Å². The summed E-state index contributed by atoms with van der Waals surface area (Å²) < 4.78 is 5.07. The van der Waals surface area contributed by atoms with E-state index in [1.165, 1.54) is 7.11 Å². The van der Waals surface area contributed by atoms with E-state index in [0.717, 1.165) is 18.5 Å². The molecule has 0 saturated carbocycles. The molecule has 2 atom stereocenters. The first-order valence-corrected chi connectivity index (χ1v) is 5.45. The molecule has 3 N–H and O–H groups in total. The third-order valence-corrected chi connectivity index (χ3v) is 3.09. The van der Waals surface area contributed by atoms with Crippen molar-refractivity contribution in [2.24, 2.45) is 5.92 Å². The highest BCUT2D eigenvalue weighted by Gasteiger charge is 2.25. The number of aliphatic hydroxyl groups is 1. The summed E-state index contributed by atoms with van der Waals surface area (Å²) in [7, 11) is 1.54. The molecule has 1 fully saturated rings. The summed E-state index contributed by atoms with van der Waals surface area (Å²) in [5.74, 6) is 0.972. The second-order valence-electron chi connectivity index (χ2n) is 4.18. The molecule has 1 aromatic carbocycles. The smallest absolute Gasteiger partial charge is 0.160 e. The summed E-state index contributed by atoms with van der Waals surface area (Å²) in [6.45, 7) is 1.06. The van der Waals surface area contributed by atoms with E-state index in [0.29, 0.717) is 11.7 Å². The zero-order valence-electron chi connectivity index (χ0n) is 9.31. The van der Waals surface area contributed by atoms with Crippen LogP contribution in [0.3, 0.4) is 0 Å². The molecule has 1 aliphatic heterocycles. The number of benzene rings is 1. The van der Waals surface area contributed by atoms with Crippen LogP contribution < -0.4 is 10.1 Å². The van der Waals surface area contributed by atoms with Crippen LogP contribution in [0.4, 0.5) is 0 Å². The summed E-state index contributed by atoms with van der Waals surface area (Å²) in [4.78, 5) is 0. The van der Waals surface area contributed by atoms with E-state index < -0.39 is 0 Å². The van der Waals surface area contributed by atoms with Crippen molar-refractivity contribution in [2.45, 2.75) is 12.5 Å². The Morgan fingerprint density at radius 2 is 2.31 bits per heavy atom. The van der Waals surface area contributed by atoms with Crippen LogP contribution in [0.15, 0.2) is 18.2 Å². The van der Waals surface area contributed by atoms with Crippen LogP contribution in [0, 0.1) is 5.92 Å². The molecular formula is C12H17NO3. The number of hydrogen-bond donors (Lipinski definition) is 3. The predicted octanol–water partition coefficient (Wildman–Crippen LogP) is 1.04. The number of aliphatic hydroxyl groups excluding tert-OH is 1. The maximum absolute atomic E-state index is 9.49. The molecule has 1 aromatic rings. The maximum atomic E-state index is 9.49. The molecule has 0 radical (unpaired) electrons. The van der Waals surface area contributed by atoms with E-state index in [2.05, 4.69) is 5.32 Å². The van der Waals surface area contributed by atoms with Gasteiger partial charge in [-0.15, -0.1) is 0 Å². The van der Waals surface area contributed by atoms with E-state index in [1.54, 1.807) is 6.07 Å². The molecule has 0 bridgehead atoms. The van der Waals surface area contributed by atoms with Crippen molar-refractivity contribution in [3.05, 3.63) is 23.8 Å². The van der Waals surface area contributed by atoms with Crippen LogP contribution in [-0.4, -0.2) is 30.5 Å². The summed E-state index contributed by atoms with van der Waals surface area (Å²) >= 11 is 0. The number of ether oxygens (including phenoxy) is 1. The zero-order valence-corrected chi connectivity index (χ0v) is 9.31. The van der Waals surface area contributed by atoms with Crippen LogP contribution >= 0.6 is 0 Å². The van der Waals surface area contributed by atoms with Gasteiger partial charge in [-0.05, 0) is 30.0 Å². The monoisotopic (exact) mass is 223 g/mol. The average molecular weight is 223 g/mol. The van der Waals surface area contributed by atoms with Crippen LogP contribution in [-0.2, 0) is 0 Å². The van der Waals surface area contributed by atoms with Crippen LogP contribution in [0.2, 0.25) is 0 Å². The molecule has 4 heteroatoms. The van der Waals surface area contributed by atoms with E-state index >= 15 is 0 Å². The second-order valence-corrected chi connectivity index (χ2v) is 4.18. The van der Waals surface area contributed by atoms with Gasteiger partial charge in [-0.3, -0.25) is 0 Å². The largest absolute Gasteiger partial charge is 0.504 e. The third-order valence-electron chi connectivity index (χ3n) is 3.09. The number of aromatic hydroxyl groups is 1. The minimum Gasteiger partial charge on any atom is -0.504 e. The molecule has 4 nitrogen and oxygen atoms in total. The van der Waals surface area contributed by atoms with E-state index in [-0.39, 0.29) is 18.4 Å². The molecule has 16 heavy (non-hydrogen) atoms. The van der Waals surface area contributed by atoms with Gasteiger partial charge in [0.25, 0.3) is 0 Å². The van der Waals surface area contributed by atoms with Crippen molar-refractivity contribution in [3.8, 4) is 11.5 Å². The molecule has 0 spiro atoms. The van der Waals surface area contributed by atoms with Gasteiger partial charge in [0.05, 0.1) is 7.11 Å². The zero-order chi connectivity index (χ0) is 11.5. The minimum absolute atomic E-state index is 0.156. The first kappa shape index (κ1) is 11.2. The maximum Gasteiger partial charge on any atom is 0.160 e. The number of hydrogen-bond acceptors (Lipinski definition) is 4. The number of nitrogens with one attached hydrogen (secondary N) is 1. The van der Waals surface area contributed by atoms with E-state index in [9.17, 15) is 5.11 Å². The van der Waals surface area contributed by atoms with Gasteiger partial charge in [-0.25, -0.2) is 0 Å². The van der Waals surface area contributed by atoms with E-state index in [4.69, 9.17) is 9.84 Å². The Labute approximate surface area is 94.9 Å². The van der Waals surface area contributed by atoms with Crippen molar-refractivity contribution in [1.82, 2.24) is 5.32 Å². The summed E-state index contributed by atoms with van der Waals surface area (Å²) in [5.41, 5.74) is 1.09. The highest BCUT2D eigenvalue weighted by molar-refractivity contribution is 5.42. The van der Waals surface area contributed by atoms with Crippen LogP contribution in [0.1, 0.15) is 18.0 Å². The fourth-order valence-electron chi connectivity index (χ4n) is 2.11. The fourth-order valence-corrected chi connectivity index (χ4v) is 2.11. The Kier molecular flexibility index (Phi) is 3.31. The van der Waals surface area contributed by atoms with Gasteiger partial charge in [-0.2, -0.15) is 0 Å². The van der Waals surface area contributed by atoms with Gasteiger partial charge in [0.1, 0.15) is 0 Å². The predicted molar refractivity (Wildman–Crippen MR) is 60.6 cm³/mol. The highest BCUT2D eigenvalue weighted by atomic mass is 16.5. The molecule has 1 saturated heterocycles. The standard InChI is InChI=1S/C12H17NO3/c1-16-12-5-9(2-3-11(12)15)10-4-8(7-14)6-13-10/h2-3,5,8,10,13-15H,4,6-7H2,1H3. The summed E-state index contributed by atoms with van der Waals surface area (Å²) in [6.07, 6.45) is 0.921. The van der Waals surface area contributed by atoms with Gasteiger partial charge in [-0.1, -0.05) is 6.07 Å². The van der Waals surface area contributed by atoms with Crippen LogP contribution in [0.25, 0.3) is 0 Å². The Bertz CT molecular complexity index is 367. The average Bonchev–Trinajstić information content (AvgIpc) is 2.78. The van der Waals surface area contributed by atoms with Gasteiger partial charge >= 0.3 is 0 Å². The van der Waals surface area contributed by atoms with Gasteiger partial charge in [0.2, 0.25) is 0 Å². The lowest BCUT2D eigenvalue weighted by Gasteiger charge is -2.12. The molecule has 0 aromatic heterocycles. The molecule has 0 aliphatic carbocycles. The Morgan fingerprint density at radius 1 is 1.50 bits per heavy atom. The number of methoxy groups -OCH3 is 1. The lowest BCUT2D eigenvalue weighted by molar-refractivity contribution is 0.236. The van der Waals surface area contributed by atoms with Crippen molar-refractivity contribution in [1.29, 1.82) is 0 Å². The second kappa shape index (κ2) is 4.72. The Balaban J connectivity index is 2.15. The van der Waals surface area contributed by atoms with Crippen molar-refractivity contribution in [3.63, 3.8) is 0 Å². The summed E-state index contributed by atoms with van der Waals surface area (Å²) in [5, 5.41) is 21.9. The molecule has 2 rings (SSSR count).